The molecule has 0 aromatic rings. The molecular formula is C78H140N11O34P. The first-order valence-electron chi connectivity index (χ1n) is 43.1. The number of phosphoric acid groups is 1. The Balaban J connectivity index is 1.31. The van der Waals surface area contributed by atoms with Crippen LogP contribution in [-0.4, -0.2) is 372 Å². The molecular weight excluding hydrogens is 1670 g/mol. The lowest BCUT2D eigenvalue weighted by atomic mass is 9.97. The van der Waals surface area contributed by atoms with Gasteiger partial charge < -0.3 is 162 Å². The minimum Gasteiger partial charge on any atom is -0.394 e. The number of hydrogen-bond donors (Lipinski definition) is 22. The van der Waals surface area contributed by atoms with E-state index in [0.717, 1.165) is 32.1 Å². The molecule has 46 heteroatoms. The van der Waals surface area contributed by atoms with Crippen molar-refractivity contribution in [2.24, 2.45) is 0 Å². The van der Waals surface area contributed by atoms with Crippen LogP contribution in [0, 0.1) is 0 Å². The Morgan fingerprint density at radius 1 is 0.379 bits per heavy atom. The van der Waals surface area contributed by atoms with Crippen LogP contribution in [0.2, 0.25) is 0 Å². The van der Waals surface area contributed by atoms with E-state index in [9.17, 15) is 108 Å². The van der Waals surface area contributed by atoms with Gasteiger partial charge in [-0.05, 0) is 77.0 Å². The number of β-amino-alcohol motifs (C(OH)–C–C–N with tert-alkyl or cyclic N) is 1. The molecule has 0 radical (unpaired) electrons. The lowest BCUT2D eigenvalue weighted by molar-refractivity contribution is -0.270. The molecule has 4 aliphatic heterocycles. The molecule has 0 saturated carbocycles. The molecule has 0 aliphatic carbocycles. The number of unbranched alkanes of at least 4 members (excludes halogenated alkanes) is 10. The van der Waals surface area contributed by atoms with Crippen LogP contribution in [0.3, 0.4) is 0 Å². The van der Waals surface area contributed by atoms with E-state index in [1.54, 1.807) is 0 Å². The standard InChI is InChI=1S/C78H140N11O34P/c1-50(93)85-66-72(108)69(105)55(43-90)121-75(66)117-35-15-12-21-58(97)79-29-18-32-82-61(100)26-38-114-47-78(88-64(103)24-10-8-6-4-5-7-9-11-25-65(104)89-42-54(96)41-53(89)46-120-124(111,112)113,48-115-39-27-62(101)83-33-19-30-80-59(98)22-13-16-36-118-76-67(86-51(2)94)73(109)70(106)56(44-91)122-76)49-116-40-28-63(102)84-34-20-31-81-60(99)23-14-17-37-119-77-68(87-52(3)95)74(110)71(107)57(45-92)123-77/h53-57,66-77,90-92,96,105-110H,4-49H2,1-3H3,(H,79,97)(H,80,98)(H,81,99)(H,82,100)(H,83,101)(H,84,102)(H,85,93)(H,86,94)(H,87,95)(H,88,103)(H2,111,112,113)/t53-,54+,55+,56+,57+,66+,67+,68+,69-,70-,71-,72+,73+,74+,75+,76+,77+/m0/s1. The van der Waals surface area contributed by atoms with Gasteiger partial charge in [0.15, 0.2) is 18.9 Å². The molecule has 11 amide bonds. The van der Waals surface area contributed by atoms with Gasteiger partial charge in [0.2, 0.25) is 65.0 Å². The van der Waals surface area contributed by atoms with Crippen molar-refractivity contribution < 1.29 is 165 Å². The summed E-state index contributed by atoms with van der Waals surface area (Å²) in [6, 6.07) is -3.98. The number of carbonyl (C=O) groups is 11. The number of aliphatic hydroxyl groups is 10. The van der Waals surface area contributed by atoms with Crippen molar-refractivity contribution in [3.63, 3.8) is 0 Å². The van der Waals surface area contributed by atoms with Gasteiger partial charge in [-0.2, -0.15) is 0 Å². The average Bonchev–Trinajstić information content (AvgIpc) is 1.01. The fourth-order valence-corrected chi connectivity index (χ4v) is 14.3. The van der Waals surface area contributed by atoms with Gasteiger partial charge in [-0.1, -0.05) is 38.5 Å². The van der Waals surface area contributed by atoms with Gasteiger partial charge in [0.25, 0.3) is 0 Å². The van der Waals surface area contributed by atoms with Gasteiger partial charge in [0, 0.05) is 138 Å². The molecule has 124 heavy (non-hydrogen) atoms. The van der Waals surface area contributed by atoms with Crippen molar-refractivity contribution in [2.45, 2.75) is 297 Å². The molecule has 4 saturated heterocycles. The van der Waals surface area contributed by atoms with Crippen LogP contribution in [0.4, 0.5) is 0 Å². The predicted molar refractivity (Wildman–Crippen MR) is 435 cm³/mol. The van der Waals surface area contributed by atoms with E-state index in [2.05, 4.69) is 57.7 Å². The van der Waals surface area contributed by atoms with Gasteiger partial charge >= 0.3 is 7.82 Å². The summed E-state index contributed by atoms with van der Waals surface area (Å²) in [4.78, 5) is 159. The Morgan fingerprint density at radius 2 is 0.669 bits per heavy atom. The van der Waals surface area contributed by atoms with E-state index in [1.165, 1.54) is 25.7 Å². The van der Waals surface area contributed by atoms with Gasteiger partial charge in [-0.25, -0.2) is 4.57 Å². The first kappa shape index (κ1) is 110. The molecule has 4 fully saturated rings. The summed E-state index contributed by atoms with van der Waals surface area (Å²) < 4.78 is 68.0. The van der Waals surface area contributed by atoms with E-state index in [4.69, 9.17) is 52.4 Å². The summed E-state index contributed by atoms with van der Waals surface area (Å²) in [5.41, 5.74) is -1.47. The van der Waals surface area contributed by atoms with Gasteiger partial charge in [-0.15, -0.1) is 0 Å². The molecule has 0 aromatic carbocycles. The molecule has 0 aromatic heterocycles. The molecule has 22 N–H and O–H groups in total. The van der Waals surface area contributed by atoms with E-state index < -0.39 is 185 Å². The second-order valence-electron chi connectivity index (χ2n) is 31.4. The second kappa shape index (κ2) is 61.9. The Hall–Kier alpha value is -6.48. The van der Waals surface area contributed by atoms with E-state index in [1.807, 2.05) is 0 Å². The average molecular weight is 1810 g/mol. The zero-order valence-electron chi connectivity index (χ0n) is 71.6. The third-order valence-electron chi connectivity index (χ3n) is 20.6. The number of ether oxygens (including phenoxy) is 9. The Labute approximate surface area is 722 Å². The molecule has 17 atom stereocenters. The summed E-state index contributed by atoms with van der Waals surface area (Å²) in [5, 5.41) is 128. The van der Waals surface area contributed by atoms with Crippen molar-refractivity contribution in [1.82, 2.24) is 58.1 Å². The minimum atomic E-state index is -4.77. The van der Waals surface area contributed by atoms with Crippen molar-refractivity contribution >= 4 is 72.8 Å². The maximum atomic E-state index is 14.1. The fraction of sp³-hybridized carbons (Fsp3) is 0.859. The number of hydrogen-bond acceptors (Lipinski definition) is 32. The topological polar surface area (TPSA) is 663 Å². The Kier molecular flexibility index (Phi) is 54.8. The van der Waals surface area contributed by atoms with Crippen LogP contribution < -0.4 is 53.2 Å². The van der Waals surface area contributed by atoms with Gasteiger partial charge in [0.1, 0.15) is 78.6 Å². The van der Waals surface area contributed by atoms with Crippen LogP contribution in [-0.2, 0) is 104 Å². The quantitative estimate of drug-likeness (QED) is 0.0199. The van der Waals surface area contributed by atoms with Crippen molar-refractivity contribution in [3.8, 4) is 0 Å². The second-order valence-corrected chi connectivity index (χ2v) is 32.6. The molecule has 4 rings (SSSR count). The first-order valence-corrected chi connectivity index (χ1v) is 44.6. The normalized spacial score (nSPS) is 24.6. The maximum absolute atomic E-state index is 14.1. The van der Waals surface area contributed by atoms with Crippen LogP contribution in [0.1, 0.15) is 188 Å². The highest BCUT2D eigenvalue weighted by Gasteiger charge is 2.48. The number of aliphatic hydroxyl groups excluding tert-OH is 10. The van der Waals surface area contributed by atoms with Crippen LogP contribution in [0.5, 0.6) is 0 Å². The van der Waals surface area contributed by atoms with Crippen LogP contribution in [0.25, 0.3) is 0 Å². The minimum absolute atomic E-state index is 0.0463. The number of carbonyl (C=O) groups excluding carboxylic acids is 11. The third-order valence-corrected chi connectivity index (χ3v) is 21.1. The lowest BCUT2D eigenvalue weighted by Crippen LogP contribution is -2.64. The Morgan fingerprint density at radius 3 is 0.976 bits per heavy atom. The zero-order valence-corrected chi connectivity index (χ0v) is 72.5. The number of nitrogens with zero attached hydrogens (tertiary/aromatic N) is 1. The van der Waals surface area contributed by atoms with Crippen molar-refractivity contribution in [3.05, 3.63) is 0 Å². The summed E-state index contributed by atoms with van der Waals surface area (Å²) >= 11 is 0. The highest BCUT2D eigenvalue weighted by molar-refractivity contribution is 7.46. The summed E-state index contributed by atoms with van der Waals surface area (Å²) in [5.74, 6) is -4.15. The lowest BCUT2D eigenvalue weighted by Gasteiger charge is -2.42. The largest absolute Gasteiger partial charge is 0.469 e. The smallest absolute Gasteiger partial charge is 0.394 e. The van der Waals surface area contributed by atoms with Gasteiger partial charge in [-0.3, -0.25) is 57.3 Å². The summed E-state index contributed by atoms with van der Waals surface area (Å²) in [6.45, 7) is 1.60. The number of phosphoric ester groups is 1. The third kappa shape index (κ3) is 45.0. The molecule has 4 heterocycles. The van der Waals surface area contributed by atoms with E-state index in [-0.39, 0.29) is 187 Å². The SMILES string of the molecule is CC(=O)N[C@H]1[C@H](OCCCCC(=O)NCCCNC(=O)CCOCC(COCCC(=O)NCCCNC(=O)CCCCO[C@@H]2O[C@H](CO)[C@H](O)[C@H](O)[C@H]2NC(C)=O)(COCCC(=O)NCCCNC(=O)CCCCO[C@@H]2O[C@H](CO)[C@H](O)[C@H](O)[C@H]2NC(C)=O)NC(=O)CCCCCCCCCCC(=O)N2C[C@H](O)C[C@H]2COP(=O)(O)O)O[C@H](CO)[C@H](O)[C@@H]1O. The van der Waals surface area contributed by atoms with Gasteiger partial charge in [0.05, 0.1) is 78.2 Å². The molecule has 0 bridgehead atoms. The molecule has 0 spiro atoms. The highest BCUT2D eigenvalue weighted by Crippen LogP contribution is 2.37. The number of amides is 11. The Bertz CT molecular complexity index is 2950. The highest BCUT2D eigenvalue weighted by atomic mass is 31.2. The monoisotopic (exact) mass is 1810 g/mol. The van der Waals surface area contributed by atoms with Crippen LogP contribution >= 0.6 is 7.82 Å². The van der Waals surface area contributed by atoms with Crippen LogP contribution in [0.15, 0.2) is 0 Å². The molecule has 0 unspecified atom stereocenters. The summed E-state index contributed by atoms with van der Waals surface area (Å²) in [7, 11) is -4.77. The maximum Gasteiger partial charge on any atom is 0.469 e. The number of likely N-dealkylation sites (tertiary alicyclic amines) is 1. The number of rotatable bonds is 66. The number of nitrogens with one attached hydrogen (secondary N) is 10. The zero-order chi connectivity index (χ0) is 91.4. The first-order chi connectivity index (χ1) is 59.2. The molecule has 4 aliphatic rings. The van der Waals surface area contributed by atoms with E-state index >= 15 is 0 Å². The van der Waals surface area contributed by atoms with Crippen molar-refractivity contribution in [1.29, 1.82) is 0 Å². The fourth-order valence-electron chi connectivity index (χ4n) is 14.0. The summed E-state index contributed by atoms with van der Waals surface area (Å²) in [6.07, 6.45) is -7.16. The molecule has 45 nitrogen and oxygen atoms in total. The van der Waals surface area contributed by atoms with E-state index in [0.29, 0.717) is 77.0 Å². The predicted octanol–water partition coefficient (Wildman–Crippen LogP) is -5.71. The molecule has 716 valence electrons. The van der Waals surface area contributed by atoms with Crippen molar-refractivity contribution in [2.75, 3.05) is 132 Å².